The molecule has 0 aromatic heterocycles. The zero-order valence-corrected chi connectivity index (χ0v) is 17.5. The molecule has 1 atom stereocenters. The molecule has 31 heavy (non-hydrogen) atoms. The fraction of sp³-hybridized carbons (Fsp3) is 0.0952. The van der Waals surface area contributed by atoms with Crippen molar-refractivity contribution in [2.75, 3.05) is 17.1 Å². The van der Waals surface area contributed by atoms with Crippen molar-refractivity contribution in [2.45, 2.75) is 6.92 Å². The first-order chi connectivity index (χ1) is 14.8. The first kappa shape index (κ1) is 22.3. The maximum Gasteiger partial charge on any atom is 0.254 e. The van der Waals surface area contributed by atoms with Crippen molar-refractivity contribution in [1.29, 1.82) is 0 Å². The van der Waals surface area contributed by atoms with E-state index in [2.05, 4.69) is 14.8 Å². The Morgan fingerprint density at radius 3 is 2.55 bits per heavy atom. The number of primary amides is 1. The molecule has 1 amide bonds. The number of ether oxygens (including phenoxy) is 1. The van der Waals surface area contributed by atoms with E-state index < -0.39 is 29.1 Å². The van der Waals surface area contributed by atoms with Crippen LogP contribution in [0.4, 0.5) is 25.8 Å². The Morgan fingerprint density at radius 1 is 1.10 bits per heavy atom. The van der Waals surface area contributed by atoms with Crippen LogP contribution >= 0.6 is 0 Å². The third-order valence-corrected chi connectivity index (χ3v) is 4.96. The van der Waals surface area contributed by atoms with E-state index in [1.807, 2.05) is 0 Å². The van der Waals surface area contributed by atoms with Crippen molar-refractivity contribution in [3.05, 3.63) is 77.4 Å². The molecule has 162 valence electrons. The molecular weight excluding hydrogens is 426 g/mol. The Labute approximate surface area is 181 Å². The van der Waals surface area contributed by atoms with Gasteiger partial charge in [0.05, 0.1) is 17.1 Å². The van der Waals surface area contributed by atoms with Gasteiger partial charge in [0.15, 0.2) is 11.5 Å². The Morgan fingerprint density at radius 2 is 1.87 bits per heavy atom. The van der Waals surface area contributed by atoms with E-state index in [0.717, 1.165) is 12.1 Å². The van der Waals surface area contributed by atoms with Gasteiger partial charge in [-0.25, -0.2) is 8.78 Å². The van der Waals surface area contributed by atoms with E-state index in [-0.39, 0.29) is 28.4 Å². The Hall–Kier alpha value is -3.34. The van der Waals surface area contributed by atoms with Gasteiger partial charge in [0.25, 0.3) is 5.91 Å². The number of nitrogens with two attached hydrogens (primary N) is 1. The quantitative estimate of drug-likeness (QED) is 0.388. The molecule has 3 aromatic rings. The number of halogens is 2. The summed E-state index contributed by atoms with van der Waals surface area (Å²) in [4.78, 5) is 12.1. The van der Waals surface area contributed by atoms with Crippen molar-refractivity contribution in [3.8, 4) is 11.5 Å². The van der Waals surface area contributed by atoms with Gasteiger partial charge in [0, 0.05) is 19.2 Å². The average molecular weight is 446 g/mol. The lowest BCUT2D eigenvalue weighted by molar-refractivity contribution is 0.0999. The molecule has 0 aliphatic rings. The van der Waals surface area contributed by atoms with Crippen LogP contribution < -0.4 is 25.2 Å². The number of aryl methyl sites for hydroxylation is 1. The molecule has 0 radical (unpaired) electrons. The summed E-state index contributed by atoms with van der Waals surface area (Å²) in [6.45, 7) is 1.73. The number of carbonyl (C=O) groups excluding carboxylic acids is 1. The van der Waals surface area contributed by atoms with Gasteiger partial charge in [-0.3, -0.25) is 4.79 Å². The summed E-state index contributed by atoms with van der Waals surface area (Å²) in [5, 5.41) is 2.70. The van der Waals surface area contributed by atoms with E-state index in [0.29, 0.717) is 11.3 Å². The average Bonchev–Trinajstić information content (AvgIpc) is 2.69. The minimum atomic E-state index is -1.51. The van der Waals surface area contributed by atoms with E-state index in [1.165, 1.54) is 25.2 Å². The lowest BCUT2D eigenvalue weighted by Gasteiger charge is -2.16. The number of anilines is 3. The molecule has 0 aliphatic carbocycles. The van der Waals surface area contributed by atoms with Crippen LogP contribution in [0.1, 0.15) is 15.9 Å². The van der Waals surface area contributed by atoms with Crippen LogP contribution in [0.3, 0.4) is 0 Å². The van der Waals surface area contributed by atoms with Crippen molar-refractivity contribution in [3.63, 3.8) is 0 Å². The topological polar surface area (TPSA) is 111 Å². The smallest absolute Gasteiger partial charge is 0.254 e. The highest BCUT2D eigenvalue weighted by molar-refractivity contribution is 7.90. The zero-order valence-electron chi connectivity index (χ0n) is 16.7. The second-order valence-corrected chi connectivity index (χ2v) is 7.65. The standard InChI is InChI=1S/C21H20F2N4O3S/c1-12-6-7-17(16(23)8-12)26-18-9-13(22)10-19(20(18)21(24)28)30-15-5-3-4-14(11-15)27-31(29)25-2/h3-11,25-27H,1-2H3,(H2,24,28). The van der Waals surface area contributed by atoms with Gasteiger partial charge in [0.2, 0.25) is 0 Å². The molecule has 0 heterocycles. The summed E-state index contributed by atoms with van der Waals surface area (Å²) < 4.78 is 51.1. The minimum Gasteiger partial charge on any atom is -0.574 e. The fourth-order valence-electron chi connectivity index (χ4n) is 2.79. The van der Waals surface area contributed by atoms with Crippen LogP contribution in [0.5, 0.6) is 11.5 Å². The van der Waals surface area contributed by atoms with Gasteiger partial charge >= 0.3 is 0 Å². The van der Waals surface area contributed by atoms with Crippen LogP contribution in [0.2, 0.25) is 0 Å². The van der Waals surface area contributed by atoms with E-state index in [4.69, 9.17) is 10.5 Å². The second-order valence-electron chi connectivity index (χ2n) is 6.50. The lowest BCUT2D eigenvalue weighted by Crippen LogP contribution is -2.26. The number of nitrogens with one attached hydrogen (secondary N) is 3. The van der Waals surface area contributed by atoms with Gasteiger partial charge < -0.3 is 20.3 Å². The molecule has 3 rings (SSSR count). The van der Waals surface area contributed by atoms with Crippen molar-refractivity contribution >= 4 is 34.5 Å². The summed E-state index contributed by atoms with van der Waals surface area (Å²) in [7, 11) is 1.51. The fourth-order valence-corrected chi connectivity index (χ4v) is 3.23. The Balaban J connectivity index is 1.97. The summed E-state index contributed by atoms with van der Waals surface area (Å²) >= 11 is -1.51. The molecule has 0 bridgehead atoms. The summed E-state index contributed by atoms with van der Waals surface area (Å²) in [6.07, 6.45) is 0. The summed E-state index contributed by atoms with van der Waals surface area (Å²) in [5.74, 6) is -2.11. The van der Waals surface area contributed by atoms with Crippen molar-refractivity contribution in [2.24, 2.45) is 5.73 Å². The molecule has 0 aliphatic heterocycles. The molecule has 5 N–H and O–H groups in total. The van der Waals surface area contributed by atoms with Crippen molar-refractivity contribution < 1.29 is 22.9 Å². The molecule has 0 fully saturated rings. The zero-order chi connectivity index (χ0) is 22.5. The highest BCUT2D eigenvalue weighted by Gasteiger charge is 2.20. The van der Waals surface area contributed by atoms with Gasteiger partial charge in [-0.1, -0.05) is 12.1 Å². The number of rotatable bonds is 8. The molecule has 7 nitrogen and oxygen atoms in total. The van der Waals surface area contributed by atoms with E-state index in [9.17, 15) is 18.1 Å². The van der Waals surface area contributed by atoms with Crippen LogP contribution in [-0.4, -0.2) is 17.5 Å². The number of benzene rings is 3. The summed E-state index contributed by atoms with van der Waals surface area (Å²) in [5.41, 5.74) is 6.52. The largest absolute Gasteiger partial charge is 0.574 e. The number of amides is 1. The Bertz CT molecular complexity index is 1110. The maximum atomic E-state index is 14.3. The van der Waals surface area contributed by atoms with Gasteiger partial charge in [-0.15, -0.1) is 4.72 Å². The van der Waals surface area contributed by atoms with Crippen LogP contribution in [0.25, 0.3) is 0 Å². The summed E-state index contributed by atoms with van der Waals surface area (Å²) in [6, 6.07) is 12.8. The van der Waals surface area contributed by atoms with E-state index >= 15 is 0 Å². The minimum absolute atomic E-state index is 0.0455. The lowest BCUT2D eigenvalue weighted by atomic mass is 10.1. The third kappa shape index (κ3) is 5.63. The van der Waals surface area contributed by atoms with E-state index in [1.54, 1.807) is 31.2 Å². The van der Waals surface area contributed by atoms with Crippen LogP contribution in [0.15, 0.2) is 54.6 Å². The highest BCUT2D eigenvalue weighted by atomic mass is 32.2. The number of hydrogen-bond acceptors (Lipinski definition) is 6. The first-order valence-corrected chi connectivity index (χ1v) is 10.2. The Kier molecular flexibility index (Phi) is 6.95. The number of hydrogen-bond donors (Lipinski definition) is 4. The van der Waals surface area contributed by atoms with Crippen LogP contribution in [0, 0.1) is 18.6 Å². The highest BCUT2D eigenvalue weighted by Crippen LogP contribution is 2.34. The predicted molar refractivity (Wildman–Crippen MR) is 117 cm³/mol. The molecule has 10 heteroatoms. The third-order valence-electron chi connectivity index (χ3n) is 4.17. The first-order valence-electron chi connectivity index (χ1n) is 9.07. The van der Waals surface area contributed by atoms with Gasteiger partial charge in [-0.05, 0) is 42.8 Å². The molecular formula is C21H20F2N4O3S. The van der Waals surface area contributed by atoms with Crippen LogP contribution in [-0.2, 0) is 11.5 Å². The molecule has 0 saturated carbocycles. The van der Waals surface area contributed by atoms with Gasteiger partial charge in [0.1, 0.15) is 28.7 Å². The number of carbonyl (C=O) groups is 1. The molecule has 3 aromatic carbocycles. The second kappa shape index (κ2) is 9.65. The predicted octanol–water partition coefficient (Wildman–Crippen LogP) is 4.12. The monoisotopic (exact) mass is 446 g/mol. The van der Waals surface area contributed by atoms with Crippen molar-refractivity contribution in [1.82, 2.24) is 4.72 Å². The molecule has 1 unspecified atom stereocenters. The normalized spacial score (nSPS) is 11.6. The SMILES string of the molecule is CN[S+]([O-])Nc1cccc(Oc2cc(F)cc(Nc3ccc(C)cc3F)c2C(N)=O)c1. The molecule has 0 spiro atoms. The maximum absolute atomic E-state index is 14.3. The molecule has 0 saturated heterocycles. The van der Waals surface area contributed by atoms with Gasteiger partial charge in [-0.2, -0.15) is 4.72 Å².